The van der Waals surface area contributed by atoms with Gasteiger partial charge in [0, 0.05) is 18.0 Å². The minimum absolute atomic E-state index is 0.254. The van der Waals surface area contributed by atoms with Crippen molar-refractivity contribution in [2.24, 2.45) is 5.73 Å². The van der Waals surface area contributed by atoms with Crippen LogP contribution in [0.25, 0.3) is 11.3 Å². The Bertz CT molecular complexity index is 653. The summed E-state index contributed by atoms with van der Waals surface area (Å²) in [6.45, 7) is 0. The van der Waals surface area contributed by atoms with Gasteiger partial charge in [-0.1, -0.05) is 29.3 Å². The first-order chi connectivity index (χ1) is 9.15. The summed E-state index contributed by atoms with van der Waals surface area (Å²) in [6, 6.07) is 10.6. The van der Waals surface area contributed by atoms with Gasteiger partial charge in [0.15, 0.2) is 0 Å². The topological polar surface area (TPSA) is 62.7 Å². The summed E-state index contributed by atoms with van der Waals surface area (Å²) >= 11 is 12.2. The second-order valence-corrected chi connectivity index (χ2v) is 4.55. The molecule has 2 N–H and O–H groups in total. The Balaban J connectivity index is 2.67. The maximum absolute atomic E-state index is 9.30. The Morgan fingerprint density at radius 3 is 2.21 bits per heavy atom. The third-order valence-electron chi connectivity index (χ3n) is 2.58. The zero-order valence-corrected chi connectivity index (χ0v) is 11.3. The van der Waals surface area contributed by atoms with Gasteiger partial charge in [0.05, 0.1) is 21.3 Å². The average Bonchev–Trinajstić information content (AvgIpc) is 2.40. The van der Waals surface area contributed by atoms with Crippen LogP contribution >= 0.6 is 23.2 Å². The quantitative estimate of drug-likeness (QED) is 0.857. The SMILES string of the molecule is N#C/C(=C(/N)c1c(Cl)cccc1Cl)c1ccncc1. The maximum atomic E-state index is 9.30. The number of nitrogens with two attached hydrogens (primary N) is 1. The monoisotopic (exact) mass is 289 g/mol. The van der Waals surface area contributed by atoms with E-state index in [9.17, 15) is 5.26 Å². The molecule has 2 rings (SSSR count). The lowest BCUT2D eigenvalue weighted by Gasteiger charge is -2.09. The van der Waals surface area contributed by atoms with Crippen LogP contribution in [-0.2, 0) is 0 Å². The van der Waals surface area contributed by atoms with Gasteiger partial charge in [-0.05, 0) is 29.8 Å². The van der Waals surface area contributed by atoms with Crippen molar-refractivity contribution in [1.29, 1.82) is 5.26 Å². The van der Waals surface area contributed by atoms with Gasteiger partial charge in [-0.3, -0.25) is 4.98 Å². The number of allylic oxidation sites excluding steroid dienone is 1. The molecule has 0 saturated heterocycles. The standard InChI is InChI=1S/C14H9Cl2N3/c15-11-2-1-3-12(16)13(11)14(18)10(8-17)9-4-6-19-7-5-9/h1-7H,18H2/b14-10-. The molecule has 0 spiro atoms. The number of pyridine rings is 1. The Labute approximate surface area is 120 Å². The lowest BCUT2D eigenvalue weighted by Crippen LogP contribution is -2.02. The highest BCUT2D eigenvalue weighted by Gasteiger charge is 2.14. The predicted molar refractivity (Wildman–Crippen MR) is 77.3 cm³/mol. The first-order valence-electron chi connectivity index (χ1n) is 5.39. The van der Waals surface area contributed by atoms with Crippen LogP contribution in [-0.4, -0.2) is 4.98 Å². The molecule has 1 heterocycles. The van der Waals surface area contributed by atoms with Crippen LogP contribution in [0, 0.1) is 11.3 Å². The van der Waals surface area contributed by atoms with E-state index >= 15 is 0 Å². The highest BCUT2D eigenvalue weighted by Crippen LogP contribution is 2.32. The van der Waals surface area contributed by atoms with Gasteiger partial charge in [0.2, 0.25) is 0 Å². The van der Waals surface area contributed by atoms with E-state index in [-0.39, 0.29) is 5.70 Å². The molecular weight excluding hydrogens is 281 g/mol. The molecule has 0 saturated carbocycles. The second-order valence-electron chi connectivity index (χ2n) is 3.73. The number of nitrogens with zero attached hydrogens (tertiary/aromatic N) is 2. The molecule has 1 aromatic carbocycles. The van der Waals surface area contributed by atoms with Gasteiger partial charge in [0.1, 0.15) is 6.07 Å². The fraction of sp³-hybridized carbons (Fsp3) is 0. The van der Waals surface area contributed by atoms with Crippen molar-refractivity contribution in [2.75, 3.05) is 0 Å². The minimum atomic E-state index is 0.254. The van der Waals surface area contributed by atoms with Crippen LogP contribution in [0.4, 0.5) is 0 Å². The lowest BCUT2D eigenvalue weighted by atomic mass is 10.0. The number of hydrogen-bond acceptors (Lipinski definition) is 3. The number of halogens is 2. The molecule has 0 aliphatic heterocycles. The molecule has 94 valence electrons. The molecule has 2 aromatic rings. The fourth-order valence-electron chi connectivity index (χ4n) is 1.68. The van der Waals surface area contributed by atoms with Crippen LogP contribution < -0.4 is 5.73 Å². The lowest BCUT2D eigenvalue weighted by molar-refractivity contribution is 1.32. The van der Waals surface area contributed by atoms with Crippen LogP contribution in [0.1, 0.15) is 11.1 Å². The van der Waals surface area contributed by atoms with Crippen LogP contribution in [0.15, 0.2) is 42.7 Å². The van der Waals surface area contributed by atoms with Crippen molar-refractivity contribution >= 4 is 34.5 Å². The summed E-state index contributed by atoms with van der Waals surface area (Å²) < 4.78 is 0. The van der Waals surface area contributed by atoms with Crippen molar-refractivity contribution in [1.82, 2.24) is 4.98 Å². The average molecular weight is 290 g/mol. The Kier molecular flexibility index (Phi) is 4.06. The zero-order chi connectivity index (χ0) is 13.8. The molecule has 0 aliphatic carbocycles. The molecule has 0 atom stereocenters. The zero-order valence-electron chi connectivity index (χ0n) is 9.77. The first kappa shape index (κ1) is 13.4. The number of aromatic nitrogens is 1. The number of hydrogen-bond donors (Lipinski definition) is 1. The number of benzene rings is 1. The Morgan fingerprint density at radius 2 is 1.68 bits per heavy atom. The maximum Gasteiger partial charge on any atom is 0.102 e. The Morgan fingerprint density at radius 1 is 1.11 bits per heavy atom. The second kappa shape index (κ2) is 5.75. The van der Waals surface area contributed by atoms with Gasteiger partial charge >= 0.3 is 0 Å². The van der Waals surface area contributed by atoms with Crippen molar-refractivity contribution in [3.05, 3.63) is 63.9 Å². The van der Waals surface area contributed by atoms with Crippen molar-refractivity contribution in [3.63, 3.8) is 0 Å². The van der Waals surface area contributed by atoms with Gasteiger partial charge in [0.25, 0.3) is 0 Å². The largest absolute Gasteiger partial charge is 0.397 e. The molecule has 0 aliphatic rings. The van der Waals surface area contributed by atoms with E-state index < -0.39 is 0 Å². The minimum Gasteiger partial charge on any atom is -0.397 e. The van der Waals surface area contributed by atoms with Gasteiger partial charge < -0.3 is 5.73 Å². The summed E-state index contributed by atoms with van der Waals surface area (Å²) in [5, 5.41) is 10.1. The molecule has 0 bridgehead atoms. The fourth-order valence-corrected chi connectivity index (χ4v) is 2.28. The molecule has 0 unspecified atom stereocenters. The third-order valence-corrected chi connectivity index (χ3v) is 3.21. The number of rotatable bonds is 2. The van der Waals surface area contributed by atoms with E-state index in [1.165, 1.54) is 0 Å². The highest BCUT2D eigenvalue weighted by atomic mass is 35.5. The molecule has 0 radical (unpaired) electrons. The van der Waals surface area contributed by atoms with Crippen LogP contribution in [0.5, 0.6) is 0 Å². The van der Waals surface area contributed by atoms with Gasteiger partial charge in [-0.2, -0.15) is 5.26 Å². The molecule has 3 nitrogen and oxygen atoms in total. The Hall–Kier alpha value is -2.02. The highest BCUT2D eigenvalue weighted by molar-refractivity contribution is 6.38. The molecule has 0 amide bonds. The van der Waals surface area contributed by atoms with E-state index in [1.807, 2.05) is 0 Å². The summed E-state index contributed by atoms with van der Waals surface area (Å²) in [7, 11) is 0. The van der Waals surface area contributed by atoms with E-state index in [1.54, 1.807) is 42.7 Å². The van der Waals surface area contributed by atoms with Crippen molar-refractivity contribution in [2.45, 2.75) is 0 Å². The van der Waals surface area contributed by atoms with E-state index in [0.29, 0.717) is 26.7 Å². The normalized spacial score (nSPS) is 11.6. The van der Waals surface area contributed by atoms with Crippen molar-refractivity contribution in [3.8, 4) is 6.07 Å². The van der Waals surface area contributed by atoms with E-state index in [2.05, 4.69) is 11.1 Å². The first-order valence-corrected chi connectivity index (χ1v) is 6.15. The van der Waals surface area contributed by atoms with Gasteiger partial charge in [-0.15, -0.1) is 0 Å². The number of nitriles is 1. The molecule has 5 heteroatoms. The van der Waals surface area contributed by atoms with E-state index in [4.69, 9.17) is 28.9 Å². The summed E-state index contributed by atoms with van der Waals surface area (Å²) in [4.78, 5) is 3.90. The molecule has 19 heavy (non-hydrogen) atoms. The molecule has 0 fully saturated rings. The van der Waals surface area contributed by atoms with Crippen LogP contribution in [0.3, 0.4) is 0 Å². The molecular formula is C14H9Cl2N3. The van der Waals surface area contributed by atoms with Gasteiger partial charge in [-0.25, -0.2) is 0 Å². The van der Waals surface area contributed by atoms with Crippen LogP contribution in [0.2, 0.25) is 10.0 Å². The smallest absolute Gasteiger partial charge is 0.102 e. The van der Waals surface area contributed by atoms with Crippen molar-refractivity contribution < 1.29 is 0 Å². The van der Waals surface area contributed by atoms with E-state index in [0.717, 1.165) is 0 Å². The molecule has 1 aromatic heterocycles. The summed E-state index contributed by atoms with van der Waals surface area (Å²) in [5.74, 6) is 0. The third kappa shape index (κ3) is 2.70. The summed E-state index contributed by atoms with van der Waals surface area (Å²) in [5.41, 5.74) is 7.77. The summed E-state index contributed by atoms with van der Waals surface area (Å²) in [6.07, 6.45) is 3.18. The predicted octanol–water partition coefficient (Wildman–Crippen LogP) is 3.74.